The van der Waals surface area contributed by atoms with Crippen molar-refractivity contribution in [3.63, 3.8) is 0 Å². The molecular formula is C11H13N. The maximum Gasteiger partial charge on any atom is 0.0316 e. The lowest BCUT2D eigenvalue weighted by Crippen LogP contribution is -1.94. The molecule has 1 nitrogen and oxygen atoms in total. The van der Waals surface area contributed by atoms with E-state index in [1.807, 2.05) is 12.1 Å². The number of hydrogen-bond acceptors (Lipinski definition) is 1. The highest BCUT2D eigenvalue weighted by Gasteiger charge is 2.11. The number of anilines is 1. The second-order valence-corrected chi connectivity index (χ2v) is 3.31. The van der Waals surface area contributed by atoms with Crippen LogP contribution in [0, 0.1) is 0 Å². The number of rotatable bonds is 1. The van der Waals surface area contributed by atoms with Crippen LogP contribution in [-0.2, 0) is 0 Å². The molecule has 62 valence electrons. The normalized spacial score (nSPS) is 17.0. The summed E-state index contributed by atoms with van der Waals surface area (Å²) in [7, 11) is 0. The predicted octanol–water partition coefficient (Wildman–Crippen LogP) is 2.70. The summed E-state index contributed by atoms with van der Waals surface area (Å²) in [5.74, 6) is 0.675. The highest BCUT2D eigenvalue weighted by molar-refractivity contribution is 5.42. The number of allylic oxidation sites excluding steroid dienone is 2. The van der Waals surface area contributed by atoms with Crippen molar-refractivity contribution >= 4 is 5.69 Å². The first-order chi connectivity index (χ1) is 5.86. The molecule has 0 heterocycles. The number of benzene rings is 1. The fraction of sp³-hybridized carbons (Fsp3) is 0.273. The Bertz CT molecular complexity index is 294. The van der Waals surface area contributed by atoms with Crippen LogP contribution in [0.1, 0.15) is 24.3 Å². The highest BCUT2D eigenvalue weighted by Crippen LogP contribution is 2.29. The van der Waals surface area contributed by atoms with E-state index in [1.54, 1.807) is 0 Å². The van der Waals surface area contributed by atoms with Crippen molar-refractivity contribution < 1.29 is 0 Å². The van der Waals surface area contributed by atoms with Crippen LogP contribution in [0.15, 0.2) is 36.4 Å². The molecule has 1 aliphatic rings. The van der Waals surface area contributed by atoms with Gasteiger partial charge in [-0.3, -0.25) is 0 Å². The molecule has 1 aromatic rings. The molecule has 0 bridgehead atoms. The van der Waals surface area contributed by atoms with Gasteiger partial charge in [0.05, 0.1) is 0 Å². The zero-order valence-corrected chi connectivity index (χ0v) is 7.03. The summed E-state index contributed by atoms with van der Waals surface area (Å²) in [6.45, 7) is 0. The van der Waals surface area contributed by atoms with E-state index in [9.17, 15) is 0 Å². The first-order valence-corrected chi connectivity index (χ1v) is 4.37. The van der Waals surface area contributed by atoms with Gasteiger partial charge in [0.1, 0.15) is 0 Å². The van der Waals surface area contributed by atoms with Crippen LogP contribution in [-0.4, -0.2) is 0 Å². The lowest BCUT2D eigenvalue weighted by Gasteiger charge is -2.09. The molecule has 1 aromatic carbocycles. The number of nitrogens with two attached hydrogens (primary N) is 1. The predicted molar refractivity (Wildman–Crippen MR) is 52.0 cm³/mol. The molecular weight excluding hydrogens is 146 g/mol. The Morgan fingerprint density at radius 1 is 1.17 bits per heavy atom. The van der Waals surface area contributed by atoms with Gasteiger partial charge >= 0.3 is 0 Å². The molecule has 0 amide bonds. The van der Waals surface area contributed by atoms with Crippen molar-refractivity contribution in [3.05, 3.63) is 42.0 Å². The summed E-state index contributed by atoms with van der Waals surface area (Å²) in [5.41, 5.74) is 7.96. The van der Waals surface area contributed by atoms with Crippen molar-refractivity contribution in [2.75, 3.05) is 5.73 Å². The van der Waals surface area contributed by atoms with Crippen LogP contribution in [0.4, 0.5) is 5.69 Å². The van der Waals surface area contributed by atoms with E-state index in [0.29, 0.717) is 5.92 Å². The van der Waals surface area contributed by atoms with Crippen molar-refractivity contribution in [2.24, 2.45) is 0 Å². The van der Waals surface area contributed by atoms with E-state index < -0.39 is 0 Å². The third-order valence-corrected chi connectivity index (χ3v) is 2.39. The third kappa shape index (κ3) is 1.35. The van der Waals surface area contributed by atoms with Crippen LogP contribution in [0.5, 0.6) is 0 Å². The van der Waals surface area contributed by atoms with E-state index in [-0.39, 0.29) is 0 Å². The van der Waals surface area contributed by atoms with Gasteiger partial charge in [-0.1, -0.05) is 24.3 Å². The summed E-state index contributed by atoms with van der Waals surface area (Å²) in [6, 6.07) is 8.21. The molecule has 0 saturated heterocycles. The van der Waals surface area contributed by atoms with Gasteiger partial charge in [0.25, 0.3) is 0 Å². The molecule has 0 aliphatic heterocycles. The summed E-state index contributed by atoms with van der Waals surface area (Å²) >= 11 is 0. The summed E-state index contributed by atoms with van der Waals surface area (Å²) in [5, 5.41) is 0. The van der Waals surface area contributed by atoms with Gasteiger partial charge in [0.2, 0.25) is 0 Å². The van der Waals surface area contributed by atoms with Crippen molar-refractivity contribution in [1.29, 1.82) is 0 Å². The van der Waals surface area contributed by atoms with Crippen LogP contribution in [0.2, 0.25) is 0 Å². The van der Waals surface area contributed by atoms with Gasteiger partial charge in [0.15, 0.2) is 0 Å². The summed E-state index contributed by atoms with van der Waals surface area (Å²) in [4.78, 5) is 0. The Morgan fingerprint density at radius 2 is 1.92 bits per heavy atom. The zero-order valence-electron chi connectivity index (χ0n) is 7.03. The minimum absolute atomic E-state index is 0.675. The minimum Gasteiger partial charge on any atom is -0.399 e. The zero-order chi connectivity index (χ0) is 8.39. The van der Waals surface area contributed by atoms with Gasteiger partial charge in [-0.05, 0) is 36.5 Å². The summed E-state index contributed by atoms with van der Waals surface area (Å²) < 4.78 is 0. The lowest BCUT2D eigenvalue weighted by molar-refractivity contribution is 0.754. The Hall–Kier alpha value is -1.24. The molecule has 2 N–H and O–H groups in total. The molecule has 0 aromatic heterocycles. The van der Waals surface area contributed by atoms with Gasteiger partial charge in [-0.25, -0.2) is 0 Å². The second-order valence-electron chi connectivity index (χ2n) is 3.31. The molecule has 1 aliphatic carbocycles. The third-order valence-electron chi connectivity index (χ3n) is 2.39. The Morgan fingerprint density at radius 3 is 2.58 bits per heavy atom. The summed E-state index contributed by atoms with van der Waals surface area (Å²) in [6.07, 6.45) is 6.83. The Kier molecular flexibility index (Phi) is 1.86. The van der Waals surface area contributed by atoms with E-state index >= 15 is 0 Å². The average molecular weight is 159 g/mol. The van der Waals surface area contributed by atoms with Crippen LogP contribution in [0.3, 0.4) is 0 Å². The second kappa shape index (κ2) is 3.02. The SMILES string of the molecule is Nc1cccc(C2CC=CC2)c1. The van der Waals surface area contributed by atoms with Crippen LogP contribution < -0.4 is 5.73 Å². The molecule has 2 rings (SSSR count). The quantitative estimate of drug-likeness (QED) is 0.495. The van der Waals surface area contributed by atoms with Gasteiger partial charge in [0, 0.05) is 5.69 Å². The first kappa shape index (κ1) is 7.41. The largest absolute Gasteiger partial charge is 0.399 e. The first-order valence-electron chi connectivity index (χ1n) is 4.37. The standard InChI is InChI=1S/C11H13N/c12-11-7-3-6-10(8-11)9-4-1-2-5-9/h1-3,6-9H,4-5,12H2. The Labute approximate surface area is 72.9 Å². The maximum atomic E-state index is 5.71. The van der Waals surface area contributed by atoms with Gasteiger partial charge < -0.3 is 5.73 Å². The molecule has 0 fully saturated rings. The smallest absolute Gasteiger partial charge is 0.0316 e. The van der Waals surface area contributed by atoms with Crippen molar-refractivity contribution in [1.82, 2.24) is 0 Å². The minimum atomic E-state index is 0.675. The highest BCUT2D eigenvalue weighted by atomic mass is 14.5. The van der Waals surface area contributed by atoms with E-state index in [1.165, 1.54) is 18.4 Å². The van der Waals surface area contributed by atoms with Gasteiger partial charge in [-0.2, -0.15) is 0 Å². The molecule has 0 saturated carbocycles. The maximum absolute atomic E-state index is 5.71. The van der Waals surface area contributed by atoms with Crippen LogP contribution >= 0.6 is 0 Å². The molecule has 0 spiro atoms. The van der Waals surface area contributed by atoms with E-state index in [2.05, 4.69) is 24.3 Å². The average Bonchev–Trinajstić information content (AvgIpc) is 2.56. The van der Waals surface area contributed by atoms with E-state index in [4.69, 9.17) is 5.73 Å². The fourth-order valence-corrected chi connectivity index (χ4v) is 1.70. The molecule has 0 radical (unpaired) electrons. The Balaban J connectivity index is 2.22. The van der Waals surface area contributed by atoms with Gasteiger partial charge in [-0.15, -0.1) is 0 Å². The van der Waals surface area contributed by atoms with Crippen molar-refractivity contribution in [2.45, 2.75) is 18.8 Å². The van der Waals surface area contributed by atoms with Crippen molar-refractivity contribution in [3.8, 4) is 0 Å². The van der Waals surface area contributed by atoms with Crippen LogP contribution in [0.25, 0.3) is 0 Å². The molecule has 12 heavy (non-hydrogen) atoms. The monoisotopic (exact) mass is 159 g/mol. The molecule has 1 heteroatoms. The number of nitrogen functional groups attached to an aromatic ring is 1. The molecule has 0 atom stereocenters. The fourth-order valence-electron chi connectivity index (χ4n) is 1.70. The lowest BCUT2D eigenvalue weighted by atomic mass is 9.97. The topological polar surface area (TPSA) is 26.0 Å². The number of hydrogen-bond donors (Lipinski definition) is 1. The molecule has 0 unspecified atom stereocenters. The van der Waals surface area contributed by atoms with E-state index in [0.717, 1.165) is 5.69 Å².